The van der Waals surface area contributed by atoms with E-state index in [1.54, 1.807) is 0 Å². The van der Waals surface area contributed by atoms with Gasteiger partial charge < -0.3 is 9.47 Å². The second-order valence-electron chi connectivity index (χ2n) is 6.56. The smallest absolute Gasteiger partial charge is 0.0741 e. The number of ether oxygens (including phenoxy) is 2. The van der Waals surface area contributed by atoms with Crippen molar-refractivity contribution >= 4 is 11.8 Å². The Balaban J connectivity index is 1.62. The molecule has 3 nitrogen and oxygen atoms in total. The summed E-state index contributed by atoms with van der Waals surface area (Å²) < 4.78 is 11.7. The second kappa shape index (κ2) is 7.35. The molecule has 2 aliphatic heterocycles. The van der Waals surface area contributed by atoms with Gasteiger partial charge in [0.2, 0.25) is 0 Å². The van der Waals surface area contributed by atoms with E-state index in [1.807, 2.05) is 11.8 Å². The SMILES string of the molecule is CSc1cccc(CN(C)[C@@H]2CCOC3(CCOCC3)C2)c1. The van der Waals surface area contributed by atoms with Gasteiger partial charge in [0.25, 0.3) is 0 Å². The lowest BCUT2D eigenvalue weighted by atomic mass is 9.83. The van der Waals surface area contributed by atoms with Crippen LogP contribution in [0.3, 0.4) is 0 Å². The van der Waals surface area contributed by atoms with Crippen molar-refractivity contribution in [3.63, 3.8) is 0 Å². The van der Waals surface area contributed by atoms with Gasteiger partial charge in [-0.1, -0.05) is 12.1 Å². The summed E-state index contributed by atoms with van der Waals surface area (Å²) in [5.41, 5.74) is 1.48. The highest BCUT2D eigenvalue weighted by atomic mass is 32.2. The molecule has 3 rings (SSSR count). The number of benzene rings is 1. The van der Waals surface area contributed by atoms with Gasteiger partial charge in [-0.25, -0.2) is 0 Å². The van der Waals surface area contributed by atoms with Crippen LogP contribution >= 0.6 is 11.8 Å². The third kappa shape index (κ3) is 3.85. The third-order valence-electron chi connectivity index (χ3n) is 5.06. The van der Waals surface area contributed by atoms with Crippen LogP contribution in [0.1, 0.15) is 31.2 Å². The standard InChI is InChI=1S/C18H27NO2S/c1-19(14-15-4-3-5-17(12-15)22-2)16-6-9-21-18(13-16)7-10-20-11-8-18/h3-5,12,16H,6-11,13-14H2,1-2H3/t16-/m1/s1. The van der Waals surface area contributed by atoms with Crippen LogP contribution in [0.5, 0.6) is 0 Å². The fraction of sp³-hybridized carbons (Fsp3) is 0.667. The van der Waals surface area contributed by atoms with E-state index in [9.17, 15) is 0 Å². The quantitative estimate of drug-likeness (QED) is 0.790. The van der Waals surface area contributed by atoms with E-state index < -0.39 is 0 Å². The fourth-order valence-corrected chi connectivity index (χ4v) is 4.14. The van der Waals surface area contributed by atoms with E-state index in [1.165, 1.54) is 10.5 Å². The van der Waals surface area contributed by atoms with Crippen molar-refractivity contribution in [2.24, 2.45) is 0 Å². The highest BCUT2D eigenvalue weighted by Gasteiger charge is 2.40. The van der Waals surface area contributed by atoms with Crippen molar-refractivity contribution in [1.82, 2.24) is 4.90 Å². The van der Waals surface area contributed by atoms with Gasteiger partial charge in [-0.15, -0.1) is 11.8 Å². The normalized spacial score (nSPS) is 24.8. The molecule has 0 aliphatic carbocycles. The predicted octanol–water partition coefficient (Wildman–Crippen LogP) is 3.57. The minimum absolute atomic E-state index is 0.0799. The molecule has 122 valence electrons. The molecule has 22 heavy (non-hydrogen) atoms. The molecule has 0 aromatic heterocycles. The van der Waals surface area contributed by atoms with E-state index in [0.29, 0.717) is 6.04 Å². The first-order valence-electron chi connectivity index (χ1n) is 8.26. The molecule has 2 heterocycles. The average Bonchev–Trinajstić information content (AvgIpc) is 2.56. The molecule has 0 radical (unpaired) electrons. The molecule has 1 atom stereocenters. The number of hydrogen-bond acceptors (Lipinski definition) is 4. The van der Waals surface area contributed by atoms with Crippen LogP contribution in [0.2, 0.25) is 0 Å². The molecule has 1 aromatic rings. The van der Waals surface area contributed by atoms with Gasteiger partial charge in [0, 0.05) is 37.3 Å². The number of thioether (sulfide) groups is 1. The summed E-state index contributed by atoms with van der Waals surface area (Å²) in [7, 11) is 2.26. The van der Waals surface area contributed by atoms with Crippen LogP contribution in [-0.2, 0) is 16.0 Å². The monoisotopic (exact) mass is 321 g/mol. The van der Waals surface area contributed by atoms with Crippen molar-refractivity contribution in [2.45, 2.75) is 48.8 Å². The van der Waals surface area contributed by atoms with Crippen molar-refractivity contribution in [2.75, 3.05) is 33.1 Å². The number of nitrogens with zero attached hydrogens (tertiary/aromatic N) is 1. The summed E-state index contributed by atoms with van der Waals surface area (Å²) in [6.45, 7) is 3.61. The van der Waals surface area contributed by atoms with Gasteiger partial charge in [0.05, 0.1) is 5.60 Å². The molecular formula is C18H27NO2S. The molecular weight excluding hydrogens is 294 g/mol. The topological polar surface area (TPSA) is 21.7 Å². The average molecular weight is 321 g/mol. The molecule has 1 aromatic carbocycles. The number of hydrogen-bond donors (Lipinski definition) is 0. The van der Waals surface area contributed by atoms with Crippen molar-refractivity contribution in [3.05, 3.63) is 29.8 Å². The molecule has 2 aliphatic rings. The highest BCUT2D eigenvalue weighted by Crippen LogP contribution is 2.36. The summed E-state index contributed by atoms with van der Waals surface area (Å²) >= 11 is 1.81. The maximum absolute atomic E-state index is 6.16. The molecule has 4 heteroatoms. The lowest BCUT2D eigenvalue weighted by Crippen LogP contribution is -2.50. The van der Waals surface area contributed by atoms with Crippen molar-refractivity contribution < 1.29 is 9.47 Å². The summed E-state index contributed by atoms with van der Waals surface area (Å²) in [5, 5.41) is 0. The molecule has 0 N–H and O–H groups in total. The Bertz CT molecular complexity index is 482. The zero-order valence-electron chi connectivity index (χ0n) is 13.7. The molecule has 1 spiro atoms. The van der Waals surface area contributed by atoms with E-state index in [-0.39, 0.29) is 5.60 Å². The Morgan fingerprint density at radius 2 is 2.09 bits per heavy atom. The van der Waals surface area contributed by atoms with E-state index in [0.717, 1.165) is 52.0 Å². The maximum atomic E-state index is 6.16. The minimum atomic E-state index is 0.0799. The molecule has 0 saturated carbocycles. The van der Waals surface area contributed by atoms with E-state index >= 15 is 0 Å². The Morgan fingerprint density at radius 3 is 2.86 bits per heavy atom. The largest absolute Gasteiger partial charge is 0.381 e. The summed E-state index contributed by atoms with van der Waals surface area (Å²) in [4.78, 5) is 3.86. The van der Waals surface area contributed by atoms with Gasteiger partial charge in [-0.2, -0.15) is 0 Å². The first-order valence-corrected chi connectivity index (χ1v) is 9.48. The maximum Gasteiger partial charge on any atom is 0.0741 e. The minimum Gasteiger partial charge on any atom is -0.381 e. The zero-order chi connectivity index (χ0) is 15.4. The first kappa shape index (κ1) is 16.3. The summed E-state index contributed by atoms with van der Waals surface area (Å²) in [6.07, 6.45) is 6.53. The molecule has 0 bridgehead atoms. The van der Waals surface area contributed by atoms with Gasteiger partial charge in [0.15, 0.2) is 0 Å². The summed E-state index contributed by atoms with van der Waals surface area (Å²) in [5.74, 6) is 0. The molecule has 2 saturated heterocycles. The predicted molar refractivity (Wildman–Crippen MR) is 91.4 cm³/mol. The highest BCUT2D eigenvalue weighted by molar-refractivity contribution is 7.98. The van der Waals surface area contributed by atoms with Crippen LogP contribution in [0, 0.1) is 0 Å². The van der Waals surface area contributed by atoms with Gasteiger partial charge >= 0.3 is 0 Å². The Hall–Kier alpha value is -0.550. The van der Waals surface area contributed by atoms with Crippen LogP contribution in [0.25, 0.3) is 0 Å². The fourth-order valence-electron chi connectivity index (χ4n) is 3.66. The second-order valence-corrected chi connectivity index (χ2v) is 7.44. The van der Waals surface area contributed by atoms with Crippen LogP contribution in [-0.4, -0.2) is 49.7 Å². The van der Waals surface area contributed by atoms with Crippen LogP contribution in [0.4, 0.5) is 0 Å². The number of rotatable bonds is 4. The van der Waals surface area contributed by atoms with Crippen LogP contribution < -0.4 is 0 Å². The van der Waals surface area contributed by atoms with E-state index in [2.05, 4.69) is 42.5 Å². The van der Waals surface area contributed by atoms with Gasteiger partial charge in [-0.05, 0) is 56.7 Å². The van der Waals surface area contributed by atoms with Crippen molar-refractivity contribution in [3.8, 4) is 0 Å². The first-order chi connectivity index (χ1) is 10.7. The molecule has 0 amide bonds. The lowest BCUT2D eigenvalue weighted by Gasteiger charge is -2.45. The van der Waals surface area contributed by atoms with Crippen molar-refractivity contribution in [1.29, 1.82) is 0 Å². The van der Waals surface area contributed by atoms with Gasteiger partial charge in [0.1, 0.15) is 0 Å². The molecule has 2 fully saturated rings. The van der Waals surface area contributed by atoms with E-state index in [4.69, 9.17) is 9.47 Å². The van der Waals surface area contributed by atoms with Gasteiger partial charge in [-0.3, -0.25) is 4.90 Å². The third-order valence-corrected chi connectivity index (χ3v) is 5.79. The Kier molecular flexibility index (Phi) is 5.45. The Labute approximate surface area is 138 Å². The summed E-state index contributed by atoms with van der Waals surface area (Å²) in [6, 6.07) is 9.51. The van der Waals surface area contributed by atoms with Crippen LogP contribution in [0.15, 0.2) is 29.2 Å². The molecule has 0 unspecified atom stereocenters. The lowest BCUT2D eigenvalue weighted by molar-refractivity contribution is -0.150. The zero-order valence-corrected chi connectivity index (χ0v) is 14.5. The Morgan fingerprint density at radius 1 is 1.27 bits per heavy atom.